The molecule has 33 heavy (non-hydrogen) atoms. The van der Waals surface area contributed by atoms with E-state index in [0.717, 1.165) is 37.4 Å². The molecule has 8 heteroatoms. The number of halogens is 1. The highest BCUT2D eigenvalue weighted by atomic mass is 35.5. The standard InChI is InChI=1S/C25H32ClN3O3S/c1-18-5-4-8-21(15-18)28-33(31,32)22-9-10-24(26)23(16-22)25(30)27-20-11-13-29(14-12-20)17-19-6-2-3-7-19/h4-5,8-10,15-16,19-20,28H,2-3,6-7,11-14,17H2,1H3,(H,27,30). The predicted molar refractivity (Wildman–Crippen MR) is 132 cm³/mol. The highest BCUT2D eigenvalue weighted by Crippen LogP contribution is 2.27. The zero-order chi connectivity index (χ0) is 23.4. The van der Waals surface area contributed by atoms with E-state index in [1.807, 2.05) is 13.0 Å². The SMILES string of the molecule is Cc1cccc(NS(=O)(=O)c2ccc(Cl)c(C(=O)NC3CCN(CC4CCCC4)CC3)c2)c1. The van der Waals surface area contributed by atoms with Crippen LogP contribution in [0.4, 0.5) is 5.69 Å². The lowest BCUT2D eigenvalue weighted by molar-refractivity contribution is 0.0905. The molecule has 2 aromatic rings. The molecule has 1 amide bonds. The molecule has 2 N–H and O–H groups in total. The average Bonchev–Trinajstić information content (AvgIpc) is 3.28. The minimum absolute atomic E-state index is 0.00457. The van der Waals surface area contributed by atoms with E-state index in [1.165, 1.54) is 50.4 Å². The monoisotopic (exact) mass is 489 g/mol. The first-order valence-corrected chi connectivity index (χ1v) is 13.6. The van der Waals surface area contributed by atoms with Gasteiger partial charge in [0.2, 0.25) is 0 Å². The Hall–Kier alpha value is -2.09. The van der Waals surface area contributed by atoms with Crippen LogP contribution in [-0.4, -0.2) is 44.9 Å². The molecular weight excluding hydrogens is 458 g/mol. The Morgan fingerprint density at radius 1 is 1.06 bits per heavy atom. The molecular formula is C25H32ClN3O3S. The van der Waals surface area contributed by atoms with Crippen molar-refractivity contribution < 1.29 is 13.2 Å². The van der Waals surface area contributed by atoms with Gasteiger partial charge in [-0.25, -0.2) is 8.42 Å². The number of hydrogen-bond donors (Lipinski definition) is 2. The molecule has 0 aromatic heterocycles. The van der Waals surface area contributed by atoms with Crippen LogP contribution in [0.1, 0.15) is 54.4 Å². The molecule has 0 spiro atoms. The fraction of sp³-hybridized carbons (Fsp3) is 0.480. The number of anilines is 1. The van der Waals surface area contributed by atoms with E-state index in [1.54, 1.807) is 18.2 Å². The van der Waals surface area contributed by atoms with Gasteiger partial charge < -0.3 is 10.2 Å². The van der Waals surface area contributed by atoms with Gasteiger partial charge in [0.1, 0.15) is 0 Å². The third-order valence-corrected chi connectivity index (χ3v) is 8.39. The number of carbonyl (C=O) groups is 1. The summed E-state index contributed by atoms with van der Waals surface area (Å²) in [4.78, 5) is 15.5. The zero-order valence-electron chi connectivity index (χ0n) is 19.0. The number of rotatable bonds is 7. The van der Waals surface area contributed by atoms with Crippen LogP contribution in [0.3, 0.4) is 0 Å². The Morgan fingerprint density at radius 3 is 2.48 bits per heavy atom. The molecule has 1 aliphatic heterocycles. The largest absolute Gasteiger partial charge is 0.349 e. The number of carbonyl (C=O) groups excluding carboxylic acids is 1. The topological polar surface area (TPSA) is 78.5 Å². The Balaban J connectivity index is 1.38. The van der Waals surface area contributed by atoms with Crippen LogP contribution in [0.2, 0.25) is 5.02 Å². The van der Waals surface area contributed by atoms with Crippen molar-refractivity contribution in [3.8, 4) is 0 Å². The number of amides is 1. The molecule has 0 bridgehead atoms. The van der Waals surface area contributed by atoms with Crippen LogP contribution in [-0.2, 0) is 10.0 Å². The van der Waals surface area contributed by atoms with Crippen LogP contribution in [0.5, 0.6) is 0 Å². The van der Waals surface area contributed by atoms with Gasteiger partial charge in [-0.2, -0.15) is 0 Å². The summed E-state index contributed by atoms with van der Waals surface area (Å²) in [6.07, 6.45) is 7.17. The van der Waals surface area contributed by atoms with Crippen molar-refractivity contribution in [3.63, 3.8) is 0 Å². The predicted octanol–water partition coefficient (Wildman–Crippen LogP) is 4.83. The number of nitrogens with one attached hydrogen (secondary N) is 2. The number of benzene rings is 2. The second-order valence-corrected chi connectivity index (χ2v) is 11.4. The lowest BCUT2D eigenvalue weighted by Crippen LogP contribution is -2.45. The highest BCUT2D eigenvalue weighted by Gasteiger charge is 2.26. The van der Waals surface area contributed by atoms with E-state index in [4.69, 9.17) is 11.6 Å². The van der Waals surface area contributed by atoms with Gasteiger partial charge >= 0.3 is 0 Å². The van der Waals surface area contributed by atoms with Crippen molar-refractivity contribution in [2.75, 3.05) is 24.4 Å². The van der Waals surface area contributed by atoms with Gasteiger partial charge in [0.15, 0.2) is 0 Å². The maximum absolute atomic E-state index is 13.0. The first kappa shape index (κ1) is 24.0. The van der Waals surface area contributed by atoms with Crippen LogP contribution < -0.4 is 10.0 Å². The van der Waals surface area contributed by atoms with Crippen molar-refractivity contribution in [1.29, 1.82) is 0 Å². The summed E-state index contributed by atoms with van der Waals surface area (Å²) in [5, 5.41) is 3.30. The van der Waals surface area contributed by atoms with Crippen molar-refractivity contribution in [1.82, 2.24) is 10.2 Å². The van der Waals surface area contributed by atoms with Gasteiger partial charge in [-0.05, 0) is 74.4 Å². The van der Waals surface area contributed by atoms with Crippen LogP contribution in [0, 0.1) is 12.8 Å². The van der Waals surface area contributed by atoms with Crippen molar-refractivity contribution in [2.45, 2.75) is 56.4 Å². The molecule has 0 unspecified atom stereocenters. The Kier molecular flexibility index (Phi) is 7.62. The van der Waals surface area contributed by atoms with Crippen LogP contribution in [0.25, 0.3) is 0 Å². The summed E-state index contributed by atoms with van der Waals surface area (Å²) < 4.78 is 28.3. The number of piperidine rings is 1. The minimum Gasteiger partial charge on any atom is -0.349 e. The Morgan fingerprint density at radius 2 is 1.79 bits per heavy atom. The van der Waals surface area contributed by atoms with Crippen molar-refractivity contribution in [3.05, 3.63) is 58.6 Å². The first-order valence-electron chi connectivity index (χ1n) is 11.7. The number of likely N-dealkylation sites (tertiary alicyclic amines) is 1. The molecule has 1 aliphatic carbocycles. The van der Waals surface area contributed by atoms with Gasteiger partial charge in [0.05, 0.1) is 15.5 Å². The summed E-state index contributed by atoms with van der Waals surface area (Å²) in [5.41, 5.74) is 1.60. The van der Waals surface area contributed by atoms with Crippen molar-refractivity contribution in [2.24, 2.45) is 5.92 Å². The molecule has 1 heterocycles. The van der Waals surface area contributed by atoms with Gasteiger partial charge in [-0.3, -0.25) is 9.52 Å². The van der Waals surface area contributed by atoms with E-state index in [0.29, 0.717) is 5.69 Å². The van der Waals surface area contributed by atoms with E-state index in [-0.39, 0.29) is 27.4 Å². The van der Waals surface area contributed by atoms with Gasteiger partial charge in [-0.1, -0.05) is 36.6 Å². The van der Waals surface area contributed by atoms with E-state index < -0.39 is 10.0 Å². The van der Waals surface area contributed by atoms with E-state index in [2.05, 4.69) is 14.9 Å². The van der Waals surface area contributed by atoms with Crippen molar-refractivity contribution >= 4 is 33.2 Å². The average molecular weight is 490 g/mol. The molecule has 4 rings (SSSR count). The zero-order valence-corrected chi connectivity index (χ0v) is 20.6. The second-order valence-electron chi connectivity index (χ2n) is 9.32. The number of hydrogen-bond acceptors (Lipinski definition) is 4. The van der Waals surface area contributed by atoms with Crippen LogP contribution >= 0.6 is 11.6 Å². The fourth-order valence-corrected chi connectivity index (χ4v) is 6.13. The van der Waals surface area contributed by atoms with Gasteiger partial charge in [-0.15, -0.1) is 0 Å². The summed E-state index contributed by atoms with van der Waals surface area (Å²) in [5.74, 6) is 0.495. The lowest BCUT2D eigenvalue weighted by atomic mass is 10.0. The quantitative estimate of drug-likeness (QED) is 0.583. The van der Waals surface area contributed by atoms with Gasteiger partial charge in [0, 0.05) is 31.4 Å². The third-order valence-electron chi connectivity index (χ3n) is 6.68. The fourth-order valence-electron chi connectivity index (χ4n) is 4.85. The number of aryl methyl sites for hydroxylation is 1. The second kappa shape index (κ2) is 10.5. The summed E-state index contributed by atoms with van der Waals surface area (Å²) >= 11 is 6.27. The first-order chi connectivity index (χ1) is 15.8. The maximum Gasteiger partial charge on any atom is 0.261 e. The molecule has 2 aliphatic rings. The normalized spacial score (nSPS) is 18.4. The molecule has 178 valence electrons. The number of sulfonamides is 1. The smallest absolute Gasteiger partial charge is 0.261 e. The van der Waals surface area contributed by atoms with Gasteiger partial charge in [0.25, 0.3) is 15.9 Å². The van der Waals surface area contributed by atoms with E-state index in [9.17, 15) is 13.2 Å². The molecule has 1 saturated heterocycles. The van der Waals surface area contributed by atoms with E-state index >= 15 is 0 Å². The number of nitrogens with zero attached hydrogens (tertiary/aromatic N) is 1. The Labute approximate surface area is 201 Å². The maximum atomic E-state index is 13.0. The Bertz CT molecular complexity index is 1090. The summed E-state index contributed by atoms with van der Waals surface area (Å²) in [6.45, 7) is 5.01. The molecule has 1 saturated carbocycles. The third kappa shape index (κ3) is 6.28. The lowest BCUT2D eigenvalue weighted by Gasteiger charge is -2.33. The minimum atomic E-state index is -3.85. The molecule has 0 atom stereocenters. The highest BCUT2D eigenvalue weighted by molar-refractivity contribution is 7.92. The molecule has 2 aromatic carbocycles. The molecule has 0 radical (unpaired) electrons. The summed E-state index contributed by atoms with van der Waals surface area (Å²) in [7, 11) is -3.85. The molecule has 2 fully saturated rings. The molecule has 6 nitrogen and oxygen atoms in total. The van der Waals surface area contributed by atoms with Crippen LogP contribution in [0.15, 0.2) is 47.4 Å². The summed E-state index contributed by atoms with van der Waals surface area (Å²) in [6, 6.07) is 11.4.